The van der Waals surface area contributed by atoms with Crippen molar-refractivity contribution in [1.29, 1.82) is 0 Å². The van der Waals surface area contributed by atoms with E-state index in [1.54, 1.807) is 6.33 Å². The van der Waals surface area contributed by atoms with Crippen LogP contribution in [-0.2, 0) is 13.0 Å². The zero-order chi connectivity index (χ0) is 15.3. The number of fused-ring (bicyclic) bond motifs is 2. The van der Waals surface area contributed by atoms with Crippen LogP contribution in [0.4, 0.5) is 0 Å². The summed E-state index contributed by atoms with van der Waals surface area (Å²) in [6.45, 7) is 4.91. The van der Waals surface area contributed by atoms with Gasteiger partial charge in [-0.1, -0.05) is 19.9 Å². The minimum Gasteiger partial charge on any atom is -0.323 e. The number of ketones is 1. The van der Waals surface area contributed by atoms with Gasteiger partial charge in [0.1, 0.15) is 5.69 Å². The highest BCUT2D eigenvalue weighted by Crippen LogP contribution is 2.34. The standard InChI is InChI=1S/C17H18N4O/c1-17(2)6-14-16(15(22)7-17)21(10-18-14)9-11-3-4-13-12(5-11)8-19-20-13/h3-5,8,10H,6-7,9H2,1-2H3,(H,19,20). The minimum absolute atomic E-state index is 0.0129. The molecule has 112 valence electrons. The number of nitrogens with zero attached hydrogens (tertiary/aromatic N) is 3. The largest absolute Gasteiger partial charge is 0.323 e. The van der Waals surface area contributed by atoms with E-state index < -0.39 is 0 Å². The normalized spacial score (nSPS) is 16.9. The van der Waals surface area contributed by atoms with Crippen LogP contribution in [-0.4, -0.2) is 25.5 Å². The van der Waals surface area contributed by atoms with Crippen molar-refractivity contribution in [3.8, 4) is 0 Å². The first-order valence-corrected chi connectivity index (χ1v) is 7.51. The lowest BCUT2D eigenvalue weighted by Crippen LogP contribution is -2.28. The Labute approximate surface area is 128 Å². The number of Topliss-reactive ketones (excluding diaryl/α,β-unsaturated/α-hetero) is 1. The molecule has 2 aromatic heterocycles. The first kappa shape index (κ1) is 13.2. The first-order valence-electron chi connectivity index (χ1n) is 7.51. The van der Waals surface area contributed by atoms with E-state index in [4.69, 9.17) is 0 Å². The number of aromatic nitrogens is 4. The number of hydrogen-bond acceptors (Lipinski definition) is 3. The molecule has 5 nitrogen and oxygen atoms in total. The highest BCUT2D eigenvalue weighted by molar-refractivity contribution is 5.97. The Morgan fingerprint density at radius 3 is 3.05 bits per heavy atom. The van der Waals surface area contributed by atoms with Gasteiger partial charge in [0.05, 0.1) is 23.7 Å². The zero-order valence-corrected chi connectivity index (χ0v) is 12.8. The van der Waals surface area contributed by atoms with Gasteiger partial charge in [-0.3, -0.25) is 9.89 Å². The van der Waals surface area contributed by atoms with Gasteiger partial charge in [0.15, 0.2) is 5.78 Å². The fourth-order valence-electron chi connectivity index (χ4n) is 3.32. The zero-order valence-electron chi connectivity index (χ0n) is 12.8. The SMILES string of the molecule is CC1(C)CC(=O)c2c(ncn2Cc2ccc3[nH]ncc3c2)C1. The molecule has 0 unspecified atom stereocenters. The number of imidazole rings is 1. The Morgan fingerprint density at radius 2 is 2.18 bits per heavy atom. The first-order chi connectivity index (χ1) is 10.5. The van der Waals surface area contributed by atoms with Gasteiger partial charge in [0, 0.05) is 18.4 Å². The average molecular weight is 294 g/mol. The lowest BCUT2D eigenvalue weighted by molar-refractivity contribution is 0.0901. The summed E-state index contributed by atoms with van der Waals surface area (Å²) in [6.07, 6.45) is 5.06. The van der Waals surface area contributed by atoms with Crippen LogP contribution < -0.4 is 0 Å². The van der Waals surface area contributed by atoms with Crippen molar-refractivity contribution in [2.75, 3.05) is 0 Å². The van der Waals surface area contributed by atoms with Crippen LogP contribution >= 0.6 is 0 Å². The maximum absolute atomic E-state index is 12.5. The van der Waals surface area contributed by atoms with Gasteiger partial charge in [-0.05, 0) is 29.5 Å². The molecule has 22 heavy (non-hydrogen) atoms. The van der Waals surface area contributed by atoms with Gasteiger partial charge < -0.3 is 4.57 Å². The molecule has 0 radical (unpaired) electrons. The van der Waals surface area contributed by atoms with E-state index in [9.17, 15) is 4.79 Å². The molecule has 0 atom stereocenters. The molecule has 2 heterocycles. The van der Waals surface area contributed by atoms with Crippen molar-refractivity contribution in [2.24, 2.45) is 5.41 Å². The Bertz CT molecular complexity index is 872. The van der Waals surface area contributed by atoms with E-state index in [2.05, 4.69) is 41.2 Å². The lowest BCUT2D eigenvalue weighted by Gasteiger charge is -2.28. The smallest absolute Gasteiger partial charge is 0.181 e. The van der Waals surface area contributed by atoms with Gasteiger partial charge in [-0.15, -0.1) is 0 Å². The molecule has 0 aliphatic heterocycles. The Kier molecular flexibility index (Phi) is 2.73. The highest BCUT2D eigenvalue weighted by atomic mass is 16.1. The van der Waals surface area contributed by atoms with Gasteiger partial charge in [-0.2, -0.15) is 5.10 Å². The summed E-state index contributed by atoms with van der Waals surface area (Å²) < 4.78 is 1.98. The van der Waals surface area contributed by atoms with Gasteiger partial charge >= 0.3 is 0 Å². The summed E-state index contributed by atoms with van der Waals surface area (Å²) >= 11 is 0. The monoisotopic (exact) mass is 294 g/mol. The topological polar surface area (TPSA) is 63.6 Å². The summed E-state index contributed by atoms with van der Waals surface area (Å²) in [4.78, 5) is 16.9. The molecule has 0 saturated carbocycles. The van der Waals surface area contributed by atoms with Crippen LogP contribution in [0.1, 0.15) is 42.0 Å². The molecule has 5 heteroatoms. The second-order valence-corrected chi connectivity index (χ2v) is 6.90. The number of benzene rings is 1. The summed E-state index contributed by atoms with van der Waals surface area (Å²) in [7, 11) is 0. The van der Waals surface area contributed by atoms with Crippen LogP contribution in [0, 0.1) is 5.41 Å². The van der Waals surface area contributed by atoms with E-state index in [-0.39, 0.29) is 11.2 Å². The third-order valence-corrected chi connectivity index (χ3v) is 4.32. The third kappa shape index (κ3) is 2.13. The molecule has 4 rings (SSSR count). The Balaban J connectivity index is 1.69. The minimum atomic E-state index is 0.0129. The predicted molar refractivity (Wildman–Crippen MR) is 83.9 cm³/mol. The fraction of sp³-hybridized carbons (Fsp3) is 0.353. The summed E-state index contributed by atoms with van der Waals surface area (Å²) in [5.74, 6) is 0.202. The van der Waals surface area contributed by atoms with Crippen molar-refractivity contribution in [1.82, 2.24) is 19.7 Å². The number of carbonyl (C=O) groups is 1. The molecular formula is C17H18N4O. The van der Waals surface area contributed by atoms with E-state index >= 15 is 0 Å². The second-order valence-electron chi connectivity index (χ2n) is 6.90. The van der Waals surface area contributed by atoms with E-state index in [0.29, 0.717) is 13.0 Å². The van der Waals surface area contributed by atoms with Crippen molar-refractivity contribution < 1.29 is 4.79 Å². The Morgan fingerprint density at radius 1 is 1.32 bits per heavy atom. The molecule has 0 saturated heterocycles. The Hall–Kier alpha value is -2.43. The summed E-state index contributed by atoms with van der Waals surface area (Å²) in [5, 5.41) is 8.07. The number of H-pyrrole nitrogens is 1. The molecule has 0 spiro atoms. The molecule has 1 aromatic carbocycles. The lowest BCUT2D eigenvalue weighted by atomic mass is 9.77. The molecule has 0 amide bonds. The van der Waals surface area contributed by atoms with E-state index in [0.717, 1.165) is 34.3 Å². The molecule has 1 N–H and O–H groups in total. The van der Waals surface area contributed by atoms with Crippen LogP contribution in [0.15, 0.2) is 30.7 Å². The van der Waals surface area contributed by atoms with Gasteiger partial charge in [0.2, 0.25) is 0 Å². The number of carbonyl (C=O) groups excluding carboxylic acids is 1. The van der Waals surface area contributed by atoms with Crippen LogP contribution in [0.25, 0.3) is 10.9 Å². The fourth-order valence-corrected chi connectivity index (χ4v) is 3.32. The summed E-state index contributed by atoms with van der Waals surface area (Å²) in [6, 6.07) is 6.18. The van der Waals surface area contributed by atoms with Crippen LogP contribution in [0.5, 0.6) is 0 Å². The molecule has 0 bridgehead atoms. The van der Waals surface area contributed by atoms with Crippen molar-refractivity contribution in [3.63, 3.8) is 0 Å². The number of aromatic amines is 1. The van der Waals surface area contributed by atoms with Crippen LogP contribution in [0.3, 0.4) is 0 Å². The molecule has 0 fully saturated rings. The van der Waals surface area contributed by atoms with E-state index in [1.165, 1.54) is 0 Å². The molecule has 1 aliphatic rings. The summed E-state index contributed by atoms with van der Waals surface area (Å²) in [5.41, 5.74) is 3.90. The maximum atomic E-state index is 12.5. The highest BCUT2D eigenvalue weighted by Gasteiger charge is 2.34. The van der Waals surface area contributed by atoms with Gasteiger partial charge in [-0.25, -0.2) is 4.98 Å². The van der Waals surface area contributed by atoms with Crippen molar-refractivity contribution in [2.45, 2.75) is 33.2 Å². The number of hydrogen-bond donors (Lipinski definition) is 1. The van der Waals surface area contributed by atoms with Gasteiger partial charge in [0.25, 0.3) is 0 Å². The third-order valence-electron chi connectivity index (χ3n) is 4.32. The maximum Gasteiger partial charge on any atom is 0.181 e. The molecule has 3 aromatic rings. The van der Waals surface area contributed by atoms with E-state index in [1.807, 2.05) is 16.8 Å². The molecule has 1 aliphatic carbocycles. The number of nitrogens with one attached hydrogen (secondary N) is 1. The van der Waals surface area contributed by atoms with Crippen LogP contribution in [0.2, 0.25) is 0 Å². The second kappa shape index (κ2) is 4.53. The van der Waals surface area contributed by atoms with Crippen molar-refractivity contribution in [3.05, 3.63) is 47.7 Å². The predicted octanol–water partition coefficient (Wildman–Crippen LogP) is 2.96. The number of rotatable bonds is 2. The average Bonchev–Trinajstić information content (AvgIpc) is 3.04. The molecular weight excluding hydrogens is 276 g/mol. The quantitative estimate of drug-likeness (QED) is 0.790. The van der Waals surface area contributed by atoms with Crippen molar-refractivity contribution >= 4 is 16.7 Å².